The van der Waals surface area contributed by atoms with Crippen molar-refractivity contribution in [1.82, 2.24) is 5.32 Å². The number of halogens is 1. The Hall–Kier alpha value is -0.680. The van der Waals surface area contributed by atoms with Gasteiger partial charge in [0.15, 0.2) is 0 Å². The number of alkyl halides is 1. The van der Waals surface area contributed by atoms with Crippen LogP contribution in [-0.4, -0.2) is 35.1 Å². The van der Waals surface area contributed by atoms with Crippen LogP contribution in [0.15, 0.2) is 0 Å². The summed E-state index contributed by atoms with van der Waals surface area (Å²) in [5.74, 6) is -1.26. The fraction of sp³-hybridized carbons (Fsp3) is 0.800. The molecule has 3 N–H and O–H groups in total. The maximum atomic E-state index is 11.5. The topological polar surface area (TPSA) is 69.6 Å². The Morgan fingerprint density at radius 1 is 1.80 bits per heavy atom. The number of hydrogen-bond acceptors (Lipinski definition) is 3. The Morgan fingerprint density at radius 2 is 2.30 bits per heavy atom. The molecule has 0 aliphatic carbocycles. The molecule has 0 saturated heterocycles. The molecule has 0 radical (unpaired) electrons. The predicted molar refractivity (Wildman–Crippen MR) is 32.2 cm³/mol. The summed E-state index contributed by atoms with van der Waals surface area (Å²) in [6.07, 6.45) is -1.09. The van der Waals surface area contributed by atoms with Crippen molar-refractivity contribution in [2.45, 2.75) is 19.1 Å². The highest BCUT2D eigenvalue weighted by Gasteiger charge is 2.21. The van der Waals surface area contributed by atoms with Gasteiger partial charge >= 0.3 is 5.97 Å². The molecule has 0 fully saturated rings. The van der Waals surface area contributed by atoms with Gasteiger partial charge in [0, 0.05) is 0 Å². The monoisotopic (exact) mass is 151 g/mol. The molecule has 0 heterocycles. The lowest BCUT2D eigenvalue weighted by Gasteiger charge is -2.13. The van der Waals surface area contributed by atoms with E-state index in [0.717, 1.165) is 0 Å². The second-order valence-corrected chi connectivity index (χ2v) is 1.89. The van der Waals surface area contributed by atoms with Crippen LogP contribution in [0, 0.1) is 0 Å². The van der Waals surface area contributed by atoms with Gasteiger partial charge in [-0.25, -0.2) is 4.39 Å². The van der Waals surface area contributed by atoms with Crippen LogP contribution in [0.2, 0.25) is 0 Å². The van der Waals surface area contributed by atoms with E-state index in [1.165, 1.54) is 6.92 Å². The van der Waals surface area contributed by atoms with Crippen LogP contribution in [0.5, 0.6) is 0 Å². The quantitative estimate of drug-likeness (QED) is 0.466. The van der Waals surface area contributed by atoms with E-state index in [2.05, 4.69) is 0 Å². The Bertz CT molecular complexity index is 117. The van der Waals surface area contributed by atoms with Crippen molar-refractivity contribution in [2.24, 2.45) is 0 Å². The van der Waals surface area contributed by atoms with Gasteiger partial charge < -0.3 is 10.2 Å². The van der Waals surface area contributed by atoms with Gasteiger partial charge in [-0.1, -0.05) is 0 Å². The van der Waals surface area contributed by atoms with Gasteiger partial charge in [-0.3, -0.25) is 10.1 Å². The van der Waals surface area contributed by atoms with Crippen LogP contribution in [0.1, 0.15) is 6.92 Å². The van der Waals surface area contributed by atoms with E-state index in [4.69, 9.17) is 10.2 Å². The van der Waals surface area contributed by atoms with Crippen LogP contribution < -0.4 is 5.32 Å². The molecular weight excluding hydrogens is 141 g/mol. The summed E-state index contributed by atoms with van der Waals surface area (Å²) in [7, 11) is 0. The first-order valence-electron chi connectivity index (χ1n) is 2.79. The van der Waals surface area contributed by atoms with Gasteiger partial charge in [0.2, 0.25) is 0 Å². The lowest BCUT2D eigenvalue weighted by Crippen LogP contribution is -2.44. The number of carboxylic acid groups (broad SMARTS) is 1. The van der Waals surface area contributed by atoms with Gasteiger partial charge in [-0.15, -0.1) is 0 Å². The first-order valence-corrected chi connectivity index (χ1v) is 2.79. The fourth-order valence-corrected chi connectivity index (χ4v) is 0.547. The van der Waals surface area contributed by atoms with Crippen LogP contribution >= 0.6 is 0 Å². The fourth-order valence-electron chi connectivity index (χ4n) is 0.547. The number of carboxylic acids is 1. The Morgan fingerprint density at radius 3 is 2.40 bits per heavy atom. The molecule has 0 bridgehead atoms. The largest absolute Gasteiger partial charge is 0.480 e. The minimum Gasteiger partial charge on any atom is -0.480 e. The highest BCUT2D eigenvalue weighted by Crippen LogP contribution is 1.91. The van der Waals surface area contributed by atoms with Crippen molar-refractivity contribution in [1.29, 1.82) is 0 Å². The van der Waals surface area contributed by atoms with Gasteiger partial charge in [0.25, 0.3) is 0 Å². The lowest BCUT2D eigenvalue weighted by atomic mass is 10.2. The van der Waals surface area contributed by atoms with Crippen LogP contribution in [-0.2, 0) is 4.79 Å². The van der Waals surface area contributed by atoms with Crippen molar-refractivity contribution in [2.75, 3.05) is 6.80 Å². The van der Waals surface area contributed by atoms with Crippen LogP contribution in [0.25, 0.3) is 0 Å². The molecule has 60 valence electrons. The summed E-state index contributed by atoms with van der Waals surface area (Å²) in [6, 6.07) is -1.22. The average Bonchev–Trinajstić information content (AvgIpc) is 1.81. The molecule has 0 aliphatic heterocycles. The van der Waals surface area contributed by atoms with Gasteiger partial charge in [0.1, 0.15) is 12.8 Å². The number of carbonyl (C=O) groups is 1. The second-order valence-electron chi connectivity index (χ2n) is 1.89. The molecule has 10 heavy (non-hydrogen) atoms. The van der Waals surface area contributed by atoms with Crippen molar-refractivity contribution >= 4 is 5.97 Å². The third-order valence-electron chi connectivity index (χ3n) is 1.05. The molecule has 0 aromatic rings. The maximum absolute atomic E-state index is 11.5. The smallest absolute Gasteiger partial charge is 0.323 e. The minimum absolute atomic E-state index is 0.956. The summed E-state index contributed by atoms with van der Waals surface area (Å²) in [5, 5.41) is 19.0. The van der Waals surface area contributed by atoms with Gasteiger partial charge in [-0.2, -0.15) is 0 Å². The number of aliphatic hydroxyl groups is 1. The third kappa shape index (κ3) is 2.75. The van der Waals surface area contributed by atoms with E-state index in [1.807, 2.05) is 5.32 Å². The maximum Gasteiger partial charge on any atom is 0.323 e. The molecule has 4 nitrogen and oxygen atoms in total. The number of rotatable bonds is 4. The molecule has 0 unspecified atom stereocenters. The van der Waals surface area contributed by atoms with Crippen molar-refractivity contribution in [3.05, 3.63) is 0 Å². The van der Waals surface area contributed by atoms with E-state index in [9.17, 15) is 9.18 Å². The summed E-state index contributed by atoms with van der Waals surface area (Å²) in [6.45, 7) is 0.323. The SMILES string of the molecule is C[C@@H](O)[C@H](NCF)C(=O)O. The predicted octanol–water partition coefficient (Wildman–Crippen LogP) is -0.663. The Labute approximate surface area is 57.7 Å². The third-order valence-corrected chi connectivity index (χ3v) is 1.05. The van der Waals surface area contributed by atoms with Crippen molar-refractivity contribution < 1.29 is 19.4 Å². The molecular formula is C5H10FNO3. The highest BCUT2D eigenvalue weighted by molar-refractivity contribution is 5.74. The summed E-state index contributed by atoms with van der Waals surface area (Å²) in [5.41, 5.74) is 0. The number of hydrogen-bond donors (Lipinski definition) is 3. The van der Waals surface area contributed by atoms with Crippen LogP contribution in [0.4, 0.5) is 4.39 Å². The first kappa shape index (κ1) is 9.32. The molecule has 0 rings (SSSR count). The molecule has 2 atom stereocenters. The highest BCUT2D eigenvalue weighted by atomic mass is 19.1. The van der Waals surface area contributed by atoms with E-state index < -0.39 is 24.9 Å². The summed E-state index contributed by atoms with van der Waals surface area (Å²) >= 11 is 0. The minimum atomic E-state index is -1.26. The zero-order valence-corrected chi connectivity index (χ0v) is 5.54. The van der Waals surface area contributed by atoms with Crippen molar-refractivity contribution in [3.63, 3.8) is 0 Å². The van der Waals surface area contributed by atoms with Crippen molar-refractivity contribution in [3.8, 4) is 0 Å². The first-order chi connectivity index (χ1) is 4.59. The molecule has 0 aromatic heterocycles. The normalized spacial score (nSPS) is 16.3. The number of nitrogens with one attached hydrogen (secondary N) is 1. The summed E-state index contributed by atoms with van der Waals surface area (Å²) < 4.78 is 11.5. The van der Waals surface area contributed by atoms with E-state index in [1.54, 1.807) is 0 Å². The van der Waals surface area contributed by atoms with Crippen LogP contribution in [0.3, 0.4) is 0 Å². The Balaban J connectivity index is 3.85. The average molecular weight is 151 g/mol. The summed E-state index contributed by atoms with van der Waals surface area (Å²) in [4.78, 5) is 10.1. The number of aliphatic hydroxyl groups excluding tert-OH is 1. The number of aliphatic carboxylic acids is 1. The molecule has 0 aliphatic rings. The zero-order chi connectivity index (χ0) is 8.15. The van der Waals surface area contributed by atoms with E-state index in [0.29, 0.717) is 0 Å². The van der Waals surface area contributed by atoms with Gasteiger partial charge in [-0.05, 0) is 6.92 Å². The van der Waals surface area contributed by atoms with E-state index in [-0.39, 0.29) is 0 Å². The molecule has 0 aromatic carbocycles. The molecule has 0 spiro atoms. The molecule has 0 amide bonds. The zero-order valence-electron chi connectivity index (χ0n) is 5.54. The second kappa shape index (κ2) is 4.19. The standard InChI is InChI=1S/C5H10FNO3/c1-3(8)4(5(9)10)7-2-6/h3-4,7-8H,2H2,1H3,(H,9,10)/t3-,4+/m1/s1. The lowest BCUT2D eigenvalue weighted by molar-refractivity contribution is -0.142. The molecule has 0 saturated carbocycles. The van der Waals surface area contributed by atoms with Gasteiger partial charge in [0.05, 0.1) is 6.10 Å². The molecule has 5 heteroatoms. The Kier molecular flexibility index (Phi) is 3.90. The van der Waals surface area contributed by atoms with E-state index >= 15 is 0 Å².